The van der Waals surface area contributed by atoms with E-state index in [1.54, 1.807) is 17.0 Å². The van der Waals surface area contributed by atoms with Gasteiger partial charge < -0.3 is 20.4 Å². The lowest BCUT2D eigenvalue weighted by atomic mass is 10.2. The molecule has 2 heterocycles. The highest BCUT2D eigenvalue weighted by molar-refractivity contribution is 5.84. The number of rotatable bonds is 3. The number of benzene rings is 1. The molecule has 4 N–H and O–H groups in total. The largest absolute Gasteiger partial charge is 0.480 e. The van der Waals surface area contributed by atoms with Gasteiger partial charge in [-0.05, 0) is 12.1 Å². The summed E-state index contributed by atoms with van der Waals surface area (Å²) in [5.41, 5.74) is 5.53. The number of imidazole rings is 1. The lowest BCUT2D eigenvalue weighted by Crippen LogP contribution is -2.37. The first-order valence-corrected chi connectivity index (χ1v) is 6.24. The van der Waals surface area contributed by atoms with Gasteiger partial charge in [0.25, 0.3) is 0 Å². The molecule has 9 heteroatoms. The number of anilines is 1. The molecule has 0 spiro atoms. The molecule has 0 saturated carbocycles. The van der Waals surface area contributed by atoms with E-state index in [2.05, 4.69) is 9.97 Å². The summed E-state index contributed by atoms with van der Waals surface area (Å²) in [6, 6.07) is 3.01. The third-order valence-corrected chi connectivity index (χ3v) is 3.20. The van der Waals surface area contributed by atoms with Gasteiger partial charge in [-0.3, -0.25) is 19.0 Å². The van der Waals surface area contributed by atoms with Gasteiger partial charge in [-0.2, -0.15) is 0 Å². The van der Waals surface area contributed by atoms with E-state index >= 15 is 0 Å². The zero-order chi connectivity index (χ0) is 15.9. The molecule has 0 saturated heterocycles. The average Bonchev–Trinajstić information content (AvgIpc) is 2.97. The van der Waals surface area contributed by atoms with Crippen molar-refractivity contribution in [2.45, 2.75) is 6.54 Å². The minimum absolute atomic E-state index is 0.268. The second kappa shape index (κ2) is 4.88. The van der Waals surface area contributed by atoms with Crippen molar-refractivity contribution in [2.75, 3.05) is 5.73 Å². The van der Waals surface area contributed by atoms with Gasteiger partial charge in [0, 0.05) is 12.4 Å². The van der Waals surface area contributed by atoms with Crippen molar-refractivity contribution < 1.29 is 9.90 Å². The number of H-pyrrole nitrogens is 1. The van der Waals surface area contributed by atoms with Gasteiger partial charge in [-0.25, -0.2) is 4.98 Å². The van der Waals surface area contributed by atoms with Gasteiger partial charge in [0.2, 0.25) is 0 Å². The zero-order valence-electron chi connectivity index (χ0n) is 11.2. The van der Waals surface area contributed by atoms with Crippen molar-refractivity contribution in [3.05, 3.63) is 51.6 Å². The lowest BCUT2D eigenvalue weighted by molar-refractivity contribution is -0.137. The predicted molar refractivity (Wildman–Crippen MR) is 78.0 cm³/mol. The maximum Gasteiger partial charge on any atom is 0.323 e. The maximum absolute atomic E-state index is 11.9. The van der Waals surface area contributed by atoms with Gasteiger partial charge in [0.05, 0.1) is 28.7 Å². The summed E-state index contributed by atoms with van der Waals surface area (Å²) in [5.74, 6) is -1.23. The fourth-order valence-corrected chi connectivity index (χ4v) is 2.24. The van der Waals surface area contributed by atoms with Crippen molar-refractivity contribution in [1.29, 1.82) is 0 Å². The molecule has 0 bridgehead atoms. The number of nitrogens with two attached hydrogens (primary N) is 1. The van der Waals surface area contributed by atoms with Crippen molar-refractivity contribution in [2.24, 2.45) is 0 Å². The van der Waals surface area contributed by atoms with Crippen molar-refractivity contribution in [3.63, 3.8) is 0 Å². The van der Waals surface area contributed by atoms with E-state index in [1.165, 1.54) is 18.5 Å². The number of nitrogens with zero attached hydrogens (tertiary/aromatic N) is 3. The van der Waals surface area contributed by atoms with Crippen LogP contribution < -0.4 is 16.9 Å². The Morgan fingerprint density at radius 3 is 2.77 bits per heavy atom. The van der Waals surface area contributed by atoms with E-state index in [4.69, 9.17) is 10.8 Å². The summed E-state index contributed by atoms with van der Waals surface area (Å²) in [4.78, 5) is 40.8. The number of carboxylic acids is 1. The quantitative estimate of drug-likeness (QED) is 0.442. The summed E-state index contributed by atoms with van der Waals surface area (Å²) in [6.45, 7) is -0.619. The van der Waals surface area contributed by atoms with Gasteiger partial charge in [0.1, 0.15) is 6.54 Å². The number of nitrogen functional groups attached to an aromatic ring is 1. The molecule has 112 valence electrons. The van der Waals surface area contributed by atoms with Gasteiger partial charge >= 0.3 is 17.1 Å². The molecule has 0 aliphatic heterocycles. The van der Waals surface area contributed by atoms with Crippen LogP contribution in [0.2, 0.25) is 0 Å². The molecule has 0 atom stereocenters. The summed E-state index contributed by atoms with van der Waals surface area (Å²) in [7, 11) is 0. The molecule has 3 rings (SSSR count). The van der Waals surface area contributed by atoms with Gasteiger partial charge in [-0.1, -0.05) is 0 Å². The minimum Gasteiger partial charge on any atom is -0.480 e. The smallest absolute Gasteiger partial charge is 0.323 e. The number of aliphatic carboxylic acids is 1. The number of aromatic nitrogens is 4. The van der Waals surface area contributed by atoms with Crippen LogP contribution >= 0.6 is 0 Å². The second-order valence-corrected chi connectivity index (χ2v) is 4.64. The van der Waals surface area contributed by atoms with Gasteiger partial charge in [-0.15, -0.1) is 0 Å². The molecule has 0 aliphatic carbocycles. The standard InChI is InChI=1S/C13H11N5O4/c14-7-3-8-10(4-9(7)17-2-1-15-6-17)18(5-11(19)20)13(22)12(21)16-8/h1-4,6H,5,14H2,(H,16,21)(H,19,20). The molecule has 0 aliphatic rings. The number of hydrogen-bond acceptors (Lipinski definition) is 5. The summed E-state index contributed by atoms with van der Waals surface area (Å²) in [6.07, 6.45) is 4.73. The van der Waals surface area contributed by atoms with E-state index < -0.39 is 23.6 Å². The molecule has 0 unspecified atom stereocenters. The third-order valence-electron chi connectivity index (χ3n) is 3.20. The zero-order valence-corrected chi connectivity index (χ0v) is 11.2. The summed E-state index contributed by atoms with van der Waals surface area (Å²) >= 11 is 0. The van der Waals surface area contributed by atoms with Crippen LogP contribution in [0.25, 0.3) is 16.7 Å². The van der Waals surface area contributed by atoms with Crippen LogP contribution in [0, 0.1) is 0 Å². The molecule has 0 radical (unpaired) electrons. The van der Waals surface area contributed by atoms with Crippen LogP contribution in [0.4, 0.5) is 5.69 Å². The topological polar surface area (TPSA) is 136 Å². The third kappa shape index (κ3) is 2.14. The van der Waals surface area contributed by atoms with Crippen LogP contribution in [0.1, 0.15) is 0 Å². The number of carboxylic acid groups (broad SMARTS) is 1. The monoisotopic (exact) mass is 301 g/mol. The maximum atomic E-state index is 11.9. The first-order valence-electron chi connectivity index (χ1n) is 6.24. The van der Waals surface area contributed by atoms with Crippen LogP contribution in [-0.2, 0) is 11.3 Å². The molecule has 0 fully saturated rings. The molecule has 2 aromatic heterocycles. The van der Waals surface area contributed by atoms with E-state index in [-0.39, 0.29) is 11.0 Å². The Bertz CT molecular complexity index is 984. The number of fused-ring (bicyclic) bond motifs is 1. The number of carbonyl (C=O) groups is 1. The molecule has 0 amide bonds. The number of nitrogens with one attached hydrogen (secondary N) is 1. The summed E-state index contributed by atoms with van der Waals surface area (Å²) in [5, 5.41) is 8.94. The lowest BCUT2D eigenvalue weighted by Gasteiger charge is -2.12. The molecular formula is C13H11N5O4. The van der Waals surface area contributed by atoms with Crippen LogP contribution in [-0.4, -0.2) is 30.2 Å². The van der Waals surface area contributed by atoms with Crippen molar-refractivity contribution >= 4 is 22.7 Å². The van der Waals surface area contributed by atoms with E-state index in [0.29, 0.717) is 11.4 Å². The molecular weight excluding hydrogens is 290 g/mol. The summed E-state index contributed by atoms with van der Waals surface area (Å²) < 4.78 is 2.52. The highest BCUT2D eigenvalue weighted by Crippen LogP contribution is 2.22. The first kappa shape index (κ1) is 13.6. The average molecular weight is 301 g/mol. The van der Waals surface area contributed by atoms with Gasteiger partial charge in [0.15, 0.2) is 0 Å². The first-order chi connectivity index (χ1) is 10.5. The van der Waals surface area contributed by atoms with Crippen LogP contribution in [0.5, 0.6) is 0 Å². The normalized spacial score (nSPS) is 10.9. The van der Waals surface area contributed by atoms with Crippen LogP contribution in [0.15, 0.2) is 40.4 Å². The SMILES string of the molecule is Nc1cc2[nH]c(=O)c(=O)n(CC(=O)O)c2cc1-n1ccnc1. The fourth-order valence-electron chi connectivity index (χ4n) is 2.24. The van der Waals surface area contributed by atoms with Crippen molar-refractivity contribution in [3.8, 4) is 5.69 Å². The van der Waals surface area contributed by atoms with E-state index in [1.807, 2.05) is 0 Å². The number of aromatic amines is 1. The Hall–Kier alpha value is -3.36. The Labute approximate surface area is 122 Å². The van der Waals surface area contributed by atoms with Crippen molar-refractivity contribution in [1.82, 2.24) is 19.1 Å². The molecule has 9 nitrogen and oxygen atoms in total. The molecule has 3 aromatic rings. The Kier molecular flexibility index (Phi) is 3.02. The Morgan fingerprint density at radius 1 is 1.36 bits per heavy atom. The van der Waals surface area contributed by atoms with Crippen LogP contribution in [0.3, 0.4) is 0 Å². The number of hydrogen-bond donors (Lipinski definition) is 3. The predicted octanol–water partition coefficient (Wildman–Crippen LogP) is -0.458. The van der Waals surface area contributed by atoms with E-state index in [0.717, 1.165) is 4.57 Å². The molecule has 1 aromatic carbocycles. The molecule has 22 heavy (non-hydrogen) atoms. The Morgan fingerprint density at radius 2 is 2.14 bits per heavy atom. The highest BCUT2D eigenvalue weighted by Gasteiger charge is 2.13. The fraction of sp³-hybridized carbons (Fsp3) is 0.0769. The van der Waals surface area contributed by atoms with E-state index in [9.17, 15) is 14.4 Å². The minimum atomic E-state index is -1.23. The second-order valence-electron chi connectivity index (χ2n) is 4.64. The highest BCUT2D eigenvalue weighted by atomic mass is 16.4. The Balaban J connectivity index is 2.39.